The topological polar surface area (TPSA) is 41.9 Å². The average molecular weight is 565 g/mol. The monoisotopic (exact) mass is 565 g/mol. The van der Waals surface area contributed by atoms with Gasteiger partial charge in [0.25, 0.3) is 0 Å². The van der Waals surface area contributed by atoms with Crippen LogP contribution in [-0.2, 0) is 6.42 Å². The number of anilines is 1. The molecule has 13 heteroatoms. The summed E-state index contributed by atoms with van der Waals surface area (Å²) < 4.78 is 124. The first-order chi connectivity index (χ1) is 18.1. The van der Waals surface area contributed by atoms with Crippen molar-refractivity contribution in [3.63, 3.8) is 0 Å². The van der Waals surface area contributed by atoms with Crippen molar-refractivity contribution in [2.45, 2.75) is 43.9 Å². The molecule has 1 N–H and O–H groups in total. The summed E-state index contributed by atoms with van der Waals surface area (Å²) in [5.41, 5.74) is 1.71. The number of hydrogen-bond donors (Lipinski definition) is 1. The zero-order chi connectivity index (χ0) is 28.6. The van der Waals surface area contributed by atoms with E-state index in [-0.39, 0.29) is 24.1 Å². The van der Waals surface area contributed by atoms with Gasteiger partial charge in [-0.3, -0.25) is 0 Å². The zero-order valence-corrected chi connectivity index (χ0v) is 19.7. The maximum absolute atomic E-state index is 13.4. The lowest BCUT2D eigenvalue weighted by Crippen LogP contribution is -2.44. The number of aliphatic hydroxyl groups is 1. The Labute approximate surface area is 216 Å². The summed E-state index contributed by atoms with van der Waals surface area (Å²) >= 11 is 0. The van der Waals surface area contributed by atoms with Gasteiger partial charge in [0.1, 0.15) is 11.5 Å². The van der Waals surface area contributed by atoms with Crippen LogP contribution in [0.4, 0.5) is 45.2 Å². The number of rotatable bonds is 6. The van der Waals surface area contributed by atoms with Gasteiger partial charge in [-0.1, -0.05) is 36.4 Å². The van der Waals surface area contributed by atoms with E-state index in [1.165, 1.54) is 41.3 Å². The van der Waals surface area contributed by atoms with Crippen molar-refractivity contribution < 1.29 is 54.1 Å². The molecule has 39 heavy (non-hydrogen) atoms. The summed E-state index contributed by atoms with van der Waals surface area (Å²) in [6.07, 6.45) is -17.3. The van der Waals surface area contributed by atoms with Gasteiger partial charge in [0, 0.05) is 5.69 Å². The predicted octanol–water partition coefficient (Wildman–Crippen LogP) is 7.57. The molecule has 4 nitrogen and oxygen atoms in total. The fourth-order valence-electron chi connectivity index (χ4n) is 4.62. The van der Waals surface area contributed by atoms with Crippen molar-refractivity contribution in [1.82, 2.24) is 0 Å². The first kappa shape index (κ1) is 28.4. The molecule has 0 saturated heterocycles. The van der Waals surface area contributed by atoms with E-state index in [1.807, 2.05) is 0 Å². The number of halogens is 9. The molecule has 0 saturated carbocycles. The Morgan fingerprint density at radius 1 is 0.795 bits per heavy atom. The van der Waals surface area contributed by atoms with Crippen LogP contribution in [-0.4, -0.2) is 36.7 Å². The molecule has 4 rings (SSSR count). The van der Waals surface area contributed by atoms with Gasteiger partial charge in [0.15, 0.2) is 6.10 Å². The van der Waals surface area contributed by atoms with E-state index in [9.17, 15) is 44.6 Å². The van der Waals surface area contributed by atoms with Crippen LogP contribution in [0.5, 0.6) is 11.5 Å². The maximum Gasteiger partial charge on any atom is 0.573 e. The number of alkyl halides is 9. The van der Waals surface area contributed by atoms with E-state index in [0.29, 0.717) is 16.7 Å². The third-order valence-corrected chi connectivity index (χ3v) is 6.11. The number of β-amino-alcohol motifs (C(OH)–C–C–N with tert-alkyl or cyclic N) is 1. The van der Waals surface area contributed by atoms with Gasteiger partial charge in [-0.25, -0.2) is 0 Å². The molecule has 0 amide bonds. The SMILES string of the molecule is O[C@@H](CN1c2cccc(-c3cccc(OC(F)(F)F)c3)c2CC[C@@H]1c1cccc(OC(F)(F)F)c1)C(F)(F)F. The van der Waals surface area contributed by atoms with Crippen LogP contribution in [0.15, 0.2) is 66.7 Å². The molecular weight excluding hydrogens is 545 g/mol. The van der Waals surface area contributed by atoms with Gasteiger partial charge in [-0.2, -0.15) is 13.2 Å². The molecule has 1 aliphatic rings. The Bertz CT molecular complexity index is 1300. The van der Waals surface area contributed by atoms with E-state index in [1.54, 1.807) is 6.07 Å². The molecule has 0 fully saturated rings. The molecule has 0 spiro atoms. The highest BCUT2D eigenvalue weighted by Gasteiger charge is 2.42. The molecule has 1 heterocycles. The van der Waals surface area contributed by atoms with Crippen molar-refractivity contribution in [1.29, 1.82) is 0 Å². The number of nitrogens with zero attached hydrogens (tertiary/aromatic N) is 1. The Morgan fingerprint density at radius 3 is 2.00 bits per heavy atom. The number of benzene rings is 3. The predicted molar refractivity (Wildman–Crippen MR) is 122 cm³/mol. The first-order valence-electron chi connectivity index (χ1n) is 11.5. The van der Waals surface area contributed by atoms with Gasteiger partial charge in [0.05, 0.1) is 12.6 Å². The Hall–Kier alpha value is -3.61. The van der Waals surface area contributed by atoms with Crippen LogP contribution in [0.2, 0.25) is 0 Å². The van der Waals surface area contributed by atoms with Gasteiger partial charge in [0.2, 0.25) is 0 Å². The fraction of sp³-hybridized carbons (Fsp3) is 0.308. The van der Waals surface area contributed by atoms with E-state index in [2.05, 4.69) is 9.47 Å². The molecule has 2 atom stereocenters. The smallest absolute Gasteiger partial charge is 0.406 e. The fourth-order valence-corrected chi connectivity index (χ4v) is 4.62. The van der Waals surface area contributed by atoms with Crippen LogP contribution < -0.4 is 14.4 Å². The largest absolute Gasteiger partial charge is 0.573 e. The Balaban J connectivity index is 1.77. The summed E-state index contributed by atoms with van der Waals surface area (Å²) in [6, 6.07) is 13.6. The average Bonchev–Trinajstić information content (AvgIpc) is 2.81. The number of hydrogen-bond acceptors (Lipinski definition) is 4. The van der Waals surface area contributed by atoms with Crippen LogP contribution in [0, 0.1) is 0 Å². The minimum Gasteiger partial charge on any atom is -0.406 e. The first-order valence-corrected chi connectivity index (χ1v) is 11.5. The minimum absolute atomic E-state index is 0.128. The van der Waals surface area contributed by atoms with Crippen LogP contribution in [0.1, 0.15) is 23.6 Å². The molecule has 0 radical (unpaired) electrons. The Morgan fingerprint density at radius 2 is 1.38 bits per heavy atom. The number of ether oxygens (including phenoxy) is 2. The lowest BCUT2D eigenvalue weighted by molar-refractivity contribution is -0.275. The summed E-state index contributed by atoms with van der Waals surface area (Å²) in [4.78, 5) is 1.24. The van der Waals surface area contributed by atoms with Gasteiger partial charge < -0.3 is 19.5 Å². The standard InChI is InChI=1S/C26H20F9NO3/c27-24(28,29)23(37)14-36-21(16-5-2-7-18(13-16)39-26(33,34)35)11-10-20-19(8-3-9-22(20)36)15-4-1-6-17(12-15)38-25(30,31)32/h1-9,12-13,21,23,37H,10-11,14H2/t21-,23+/m1/s1. The Kier molecular flexibility index (Phi) is 7.66. The molecule has 0 aliphatic carbocycles. The number of aliphatic hydroxyl groups excluding tert-OH is 1. The van der Waals surface area contributed by atoms with Crippen molar-refractivity contribution in [2.75, 3.05) is 11.4 Å². The van der Waals surface area contributed by atoms with Gasteiger partial charge >= 0.3 is 18.9 Å². The molecule has 210 valence electrons. The lowest BCUT2D eigenvalue weighted by Gasteiger charge is -2.41. The minimum atomic E-state index is -4.98. The number of fused-ring (bicyclic) bond motifs is 1. The highest BCUT2D eigenvalue weighted by Crippen LogP contribution is 2.44. The second-order valence-electron chi connectivity index (χ2n) is 8.76. The van der Waals surface area contributed by atoms with Crippen molar-refractivity contribution in [3.8, 4) is 22.6 Å². The van der Waals surface area contributed by atoms with Crippen molar-refractivity contribution >= 4 is 5.69 Å². The summed E-state index contributed by atoms with van der Waals surface area (Å²) in [5.74, 6) is -1.05. The van der Waals surface area contributed by atoms with Crippen molar-refractivity contribution in [2.24, 2.45) is 0 Å². The van der Waals surface area contributed by atoms with E-state index in [0.717, 1.165) is 24.3 Å². The lowest BCUT2D eigenvalue weighted by atomic mass is 9.86. The van der Waals surface area contributed by atoms with Gasteiger partial charge in [-0.05, 0) is 65.4 Å². The molecule has 1 aliphatic heterocycles. The second kappa shape index (κ2) is 10.5. The highest BCUT2D eigenvalue weighted by molar-refractivity contribution is 5.76. The zero-order valence-electron chi connectivity index (χ0n) is 19.7. The van der Waals surface area contributed by atoms with Crippen LogP contribution >= 0.6 is 0 Å². The van der Waals surface area contributed by atoms with E-state index >= 15 is 0 Å². The maximum atomic E-state index is 13.4. The molecule has 0 unspecified atom stereocenters. The van der Waals surface area contributed by atoms with Crippen LogP contribution in [0.3, 0.4) is 0 Å². The molecule has 3 aromatic carbocycles. The second-order valence-corrected chi connectivity index (χ2v) is 8.76. The van der Waals surface area contributed by atoms with E-state index < -0.39 is 49.1 Å². The molecular formula is C26H20F9NO3. The molecule has 3 aromatic rings. The third kappa shape index (κ3) is 7.08. The molecule has 0 bridgehead atoms. The summed E-state index contributed by atoms with van der Waals surface area (Å²) in [7, 11) is 0. The highest BCUT2D eigenvalue weighted by atomic mass is 19.4. The van der Waals surface area contributed by atoms with E-state index in [4.69, 9.17) is 0 Å². The third-order valence-electron chi connectivity index (χ3n) is 6.11. The van der Waals surface area contributed by atoms with Gasteiger partial charge in [-0.15, -0.1) is 26.3 Å². The summed E-state index contributed by atoms with van der Waals surface area (Å²) in [5, 5.41) is 9.90. The van der Waals surface area contributed by atoms with Crippen molar-refractivity contribution in [3.05, 3.63) is 77.9 Å². The van der Waals surface area contributed by atoms with Crippen LogP contribution in [0.25, 0.3) is 11.1 Å². The molecule has 0 aromatic heterocycles. The quantitative estimate of drug-likeness (QED) is 0.313. The normalized spacial score (nSPS) is 17.0. The summed E-state index contributed by atoms with van der Waals surface area (Å²) in [6.45, 7) is -0.938.